The van der Waals surface area contributed by atoms with Crippen LogP contribution in [0.25, 0.3) is 0 Å². The van der Waals surface area contributed by atoms with Gasteiger partial charge in [0.05, 0.1) is 0 Å². The van der Waals surface area contributed by atoms with E-state index in [0.717, 1.165) is 0 Å². The maximum atomic E-state index is 4.99. The van der Waals surface area contributed by atoms with Gasteiger partial charge in [0, 0.05) is 11.5 Å². The van der Waals surface area contributed by atoms with Crippen LogP contribution in [0.4, 0.5) is 5.13 Å². The lowest BCUT2D eigenvalue weighted by atomic mass is 11.0. The fourth-order valence-electron chi connectivity index (χ4n) is 0.361. The molecule has 4 N–H and O–H groups in total. The summed E-state index contributed by atoms with van der Waals surface area (Å²) in [6.45, 7) is 0. The zero-order chi connectivity index (χ0) is 7.40. The highest BCUT2D eigenvalue weighted by molar-refractivity contribution is 7.80. The third-order valence-electron chi connectivity index (χ3n) is 0.713. The standard InChI is InChI=1S/C3H5N5S2/c4-8-2(9)7-3-5-1-6-10-3/h1H,4H2,(H2,5,6,7,8,9). The summed E-state index contributed by atoms with van der Waals surface area (Å²) in [5.41, 5.74) is 2.26. The van der Waals surface area contributed by atoms with Gasteiger partial charge in [-0.25, -0.2) is 10.8 Å². The van der Waals surface area contributed by atoms with Gasteiger partial charge in [0.25, 0.3) is 0 Å². The number of aromatic nitrogens is 2. The third-order valence-corrected chi connectivity index (χ3v) is 1.51. The van der Waals surface area contributed by atoms with Gasteiger partial charge in [-0.3, -0.25) is 0 Å². The van der Waals surface area contributed by atoms with Crippen LogP contribution in [0.3, 0.4) is 0 Å². The van der Waals surface area contributed by atoms with Crippen LogP contribution in [0.5, 0.6) is 0 Å². The largest absolute Gasteiger partial charge is 0.306 e. The van der Waals surface area contributed by atoms with Gasteiger partial charge < -0.3 is 10.7 Å². The second-order valence-electron chi connectivity index (χ2n) is 1.34. The van der Waals surface area contributed by atoms with E-state index in [4.69, 9.17) is 18.1 Å². The van der Waals surface area contributed by atoms with Crippen molar-refractivity contribution < 1.29 is 0 Å². The molecule has 0 aromatic carbocycles. The van der Waals surface area contributed by atoms with Crippen LogP contribution in [0.1, 0.15) is 0 Å². The average Bonchev–Trinajstić information content (AvgIpc) is 2.40. The Hall–Kier alpha value is -0.790. The number of nitrogens with zero attached hydrogens (tertiary/aromatic N) is 2. The Kier molecular flexibility index (Phi) is 2.49. The molecule has 5 nitrogen and oxygen atoms in total. The van der Waals surface area contributed by atoms with Crippen LogP contribution in [-0.4, -0.2) is 14.5 Å². The summed E-state index contributed by atoms with van der Waals surface area (Å²) in [4.78, 5) is 3.82. The van der Waals surface area contributed by atoms with E-state index >= 15 is 0 Å². The molecule has 1 heterocycles. The second-order valence-corrected chi connectivity index (χ2v) is 2.53. The summed E-state index contributed by atoms with van der Waals surface area (Å²) in [6.07, 6.45) is 1.44. The predicted molar refractivity (Wildman–Crippen MR) is 43.5 cm³/mol. The van der Waals surface area contributed by atoms with Crippen molar-refractivity contribution in [1.82, 2.24) is 14.8 Å². The number of hydrogen-bond acceptors (Lipinski definition) is 5. The number of thiocarbonyl (C=S) groups is 1. The quantitative estimate of drug-likeness (QED) is 0.309. The molecule has 7 heteroatoms. The van der Waals surface area contributed by atoms with E-state index < -0.39 is 0 Å². The summed E-state index contributed by atoms with van der Waals surface area (Å²) in [5.74, 6) is 4.99. The molecule has 1 aromatic heterocycles. The Morgan fingerprint density at radius 3 is 3.10 bits per heavy atom. The first-order valence-corrected chi connectivity index (χ1v) is 3.55. The first-order valence-electron chi connectivity index (χ1n) is 2.37. The number of rotatable bonds is 1. The normalized spacial score (nSPS) is 8.90. The maximum absolute atomic E-state index is 4.99. The fraction of sp³-hybridized carbons (Fsp3) is 0. The second kappa shape index (κ2) is 3.40. The Morgan fingerprint density at radius 1 is 1.80 bits per heavy atom. The average molecular weight is 175 g/mol. The Labute approximate surface area is 66.8 Å². The molecule has 0 unspecified atom stereocenters. The minimum atomic E-state index is 0.330. The minimum Gasteiger partial charge on any atom is -0.306 e. The molecule has 54 valence electrons. The summed E-state index contributed by atoms with van der Waals surface area (Å²) < 4.78 is 3.75. The topological polar surface area (TPSA) is 75.9 Å². The van der Waals surface area contributed by atoms with Gasteiger partial charge in [-0.05, 0) is 12.2 Å². The van der Waals surface area contributed by atoms with Gasteiger partial charge in [0.1, 0.15) is 6.33 Å². The molecule has 0 aliphatic rings. The first kappa shape index (κ1) is 7.32. The van der Waals surface area contributed by atoms with Gasteiger partial charge in [-0.1, -0.05) is 0 Å². The van der Waals surface area contributed by atoms with Crippen molar-refractivity contribution in [1.29, 1.82) is 0 Å². The Balaban J connectivity index is 2.48. The van der Waals surface area contributed by atoms with Crippen molar-refractivity contribution in [2.75, 3.05) is 5.32 Å². The van der Waals surface area contributed by atoms with Crippen molar-refractivity contribution in [2.45, 2.75) is 0 Å². The molecule has 1 aromatic rings. The predicted octanol–water partition coefficient (Wildman–Crippen LogP) is -0.302. The van der Waals surface area contributed by atoms with E-state index in [9.17, 15) is 0 Å². The molecule has 0 spiro atoms. The summed E-state index contributed by atoms with van der Waals surface area (Å²) >= 11 is 5.91. The smallest absolute Gasteiger partial charge is 0.208 e. The number of hydrogen-bond donors (Lipinski definition) is 3. The van der Waals surface area contributed by atoms with Crippen LogP contribution >= 0.6 is 23.8 Å². The van der Waals surface area contributed by atoms with Gasteiger partial charge in [0.2, 0.25) is 5.13 Å². The first-order chi connectivity index (χ1) is 4.83. The van der Waals surface area contributed by atoms with Crippen molar-refractivity contribution in [3.63, 3.8) is 0 Å². The van der Waals surface area contributed by atoms with Gasteiger partial charge in [-0.15, -0.1) is 0 Å². The van der Waals surface area contributed by atoms with Crippen LogP contribution in [0, 0.1) is 0 Å². The lowest BCUT2D eigenvalue weighted by Gasteiger charge is -1.99. The van der Waals surface area contributed by atoms with E-state index in [-0.39, 0.29) is 0 Å². The molecule has 1 rings (SSSR count). The van der Waals surface area contributed by atoms with Crippen molar-refractivity contribution in [3.05, 3.63) is 6.33 Å². The molecule has 0 bridgehead atoms. The van der Waals surface area contributed by atoms with Crippen molar-refractivity contribution in [2.24, 2.45) is 5.84 Å². The van der Waals surface area contributed by atoms with Crippen molar-refractivity contribution in [3.8, 4) is 0 Å². The molecule has 0 aliphatic heterocycles. The molecule has 0 radical (unpaired) electrons. The zero-order valence-electron chi connectivity index (χ0n) is 4.87. The minimum absolute atomic E-state index is 0.330. The van der Waals surface area contributed by atoms with Gasteiger partial charge in [-0.2, -0.15) is 4.37 Å². The monoisotopic (exact) mass is 175 g/mol. The highest BCUT2D eigenvalue weighted by atomic mass is 32.1. The highest BCUT2D eigenvalue weighted by Crippen LogP contribution is 2.05. The maximum Gasteiger partial charge on any atom is 0.208 e. The van der Waals surface area contributed by atoms with Gasteiger partial charge >= 0.3 is 0 Å². The number of nitrogens with one attached hydrogen (secondary N) is 2. The highest BCUT2D eigenvalue weighted by Gasteiger charge is 1.95. The van der Waals surface area contributed by atoms with E-state index in [0.29, 0.717) is 10.2 Å². The summed E-state index contributed by atoms with van der Waals surface area (Å²) in [6, 6.07) is 0. The lowest BCUT2D eigenvalue weighted by molar-refractivity contribution is 1.04. The molecule has 0 atom stereocenters. The van der Waals surface area contributed by atoms with Crippen molar-refractivity contribution >= 4 is 34.0 Å². The molecular weight excluding hydrogens is 170 g/mol. The number of hydrazine groups is 1. The van der Waals surface area contributed by atoms with E-state index in [2.05, 4.69) is 20.1 Å². The number of nitrogens with two attached hydrogens (primary N) is 1. The number of anilines is 1. The third kappa shape index (κ3) is 1.87. The van der Waals surface area contributed by atoms with Crippen LogP contribution in [0.2, 0.25) is 0 Å². The molecule has 0 saturated carbocycles. The molecular formula is C3H5N5S2. The molecule has 0 amide bonds. The fourth-order valence-corrected chi connectivity index (χ4v) is 0.959. The zero-order valence-corrected chi connectivity index (χ0v) is 6.50. The van der Waals surface area contributed by atoms with Crippen LogP contribution < -0.4 is 16.6 Å². The van der Waals surface area contributed by atoms with E-state index in [1.165, 1.54) is 17.9 Å². The Morgan fingerprint density at radius 2 is 2.60 bits per heavy atom. The van der Waals surface area contributed by atoms with E-state index in [1.54, 1.807) is 0 Å². The molecule has 0 aliphatic carbocycles. The van der Waals surface area contributed by atoms with Crippen LogP contribution in [0.15, 0.2) is 6.33 Å². The summed E-state index contributed by atoms with van der Waals surface area (Å²) in [7, 11) is 0. The van der Waals surface area contributed by atoms with Crippen LogP contribution in [-0.2, 0) is 0 Å². The lowest BCUT2D eigenvalue weighted by Crippen LogP contribution is -2.33. The van der Waals surface area contributed by atoms with Gasteiger partial charge in [0.15, 0.2) is 5.11 Å². The SMILES string of the molecule is NNC(=S)Nc1ncns1. The molecule has 10 heavy (non-hydrogen) atoms. The molecule has 0 saturated heterocycles. The Bertz CT molecular complexity index is 207. The van der Waals surface area contributed by atoms with E-state index in [1.807, 2.05) is 0 Å². The molecule has 0 fully saturated rings. The summed E-state index contributed by atoms with van der Waals surface area (Å²) in [5, 5.41) is 3.67.